The molecule has 486 valence electrons. The van der Waals surface area contributed by atoms with E-state index in [-0.39, 0.29) is 80.0 Å². The molecular weight excluding hydrogens is 1290 g/mol. The van der Waals surface area contributed by atoms with Gasteiger partial charge in [0.05, 0.1) is 80.9 Å². The van der Waals surface area contributed by atoms with Crippen molar-refractivity contribution < 1.29 is 74.4 Å². The molecule has 12 rings (SSSR count). The van der Waals surface area contributed by atoms with Gasteiger partial charge in [-0.3, -0.25) is 43.7 Å². The SMILES string of the molecule is CC(=O)c1ccc(NC(=O)c2nc3ccccc3nc2Oc2ccc(F)cc2F)cn1.CC(=O)c1ccc(NC(=O)c2nc3ccccc3nc2Oc2ccc(OC(F)(F)F)cc2)cn1.COc1ccc(Oc2nc3ccccc3nc2C(=O)Nc2ccc(C(C)=O)nc2)c(Cl)c1. The van der Waals surface area contributed by atoms with Crippen LogP contribution in [0.1, 0.15) is 83.7 Å². The van der Waals surface area contributed by atoms with E-state index in [0.29, 0.717) is 73.4 Å². The van der Waals surface area contributed by atoms with Crippen LogP contribution in [0.5, 0.6) is 46.4 Å². The van der Waals surface area contributed by atoms with Gasteiger partial charge in [0.1, 0.15) is 45.9 Å². The lowest BCUT2D eigenvalue weighted by Gasteiger charge is -2.12. The van der Waals surface area contributed by atoms with E-state index in [0.717, 1.165) is 24.3 Å². The number of anilines is 3. The summed E-state index contributed by atoms with van der Waals surface area (Å²) in [5, 5.41) is 8.19. The molecule has 97 heavy (non-hydrogen) atoms. The van der Waals surface area contributed by atoms with Crippen LogP contribution < -0.4 is 39.6 Å². The molecule has 0 spiro atoms. The molecule has 23 nitrogen and oxygen atoms in total. The molecule has 0 atom stereocenters. The Morgan fingerprint density at radius 1 is 0.412 bits per heavy atom. The van der Waals surface area contributed by atoms with Crippen molar-refractivity contribution >= 4 is 96.8 Å². The maximum absolute atomic E-state index is 14.1. The van der Waals surface area contributed by atoms with Gasteiger partial charge in [-0.25, -0.2) is 38.7 Å². The first-order valence-electron chi connectivity index (χ1n) is 28.4. The first-order valence-corrected chi connectivity index (χ1v) is 28.7. The lowest BCUT2D eigenvalue weighted by molar-refractivity contribution is -0.274. The molecule has 6 aromatic carbocycles. The minimum atomic E-state index is -4.82. The van der Waals surface area contributed by atoms with Crippen LogP contribution in [0.2, 0.25) is 5.02 Å². The van der Waals surface area contributed by atoms with Crippen molar-refractivity contribution in [3.63, 3.8) is 0 Å². The second-order valence-electron chi connectivity index (χ2n) is 20.1. The highest BCUT2D eigenvalue weighted by Crippen LogP contribution is 2.35. The summed E-state index contributed by atoms with van der Waals surface area (Å²) in [7, 11) is 1.53. The number of carbonyl (C=O) groups excluding carboxylic acids is 6. The van der Waals surface area contributed by atoms with E-state index in [1.807, 2.05) is 6.07 Å². The minimum absolute atomic E-state index is 0.0124. The van der Waals surface area contributed by atoms with Crippen molar-refractivity contribution in [3.8, 4) is 46.4 Å². The summed E-state index contributed by atoms with van der Waals surface area (Å²) in [6, 6.07) is 42.0. The van der Waals surface area contributed by atoms with Gasteiger partial charge in [0.15, 0.2) is 46.0 Å². The topological polar surface area (TPSA) is 301 Å². The smallest absolute Gasteiger partial charge is 0.497 e. The van der Waals surface area contributed by atoms with Gasteiger partial charge in [-0.2, -0.15) is 0 Å². The van der Waals surface area contributed by atoms with Gasteiger partial charge in [-0.05, 0) is 121 Å². The van der Waals surface area contributed by atoms with Crippen molar-refractivity contribution in [2.45, 2.75) is 27.1 Å². The lowest BCUT2D eigenvalue weighted by atomic mass is 10.2. The second kappa shape index (κ2) is 29.8. The third-order valence-electron chi connectivity index (χ3n) is 13.1. The Morgan fingerprint density at radius 3 is 1.10 bits per heavy atom. The highest BCUT2D eigenvalue weighted by atomic mass is 35.5. The van der Waals surface area contributed by atoms with E-state index in [1.54, 1.807) is 91.0 Å². The van der Waals surface area contributed by atoms with E-state index in [4.69, 9.17) is 30.5 Å². The van der Waals surface area contributed by atoms with Gasteiger partial charge in [-0.1, -0.05) is 48.0 Å². The number of hydrogen-bond acceptors (Lipinski definition) is 20. The number of amides is 3. The number of hydrogen-bond donors (Lipinski definition) is 3. The predicted octanol–water partition coefficient (Wildman–Crippen LogP) is 14.7. The number of pyridine rings is 3. The normalized spacial score (nSPS) is 10.8. The number of benzene rings is 6. The van der Waals surface area contributed by atoms with Crippen molar-refractivity contribution in [2.24, 2.45) is 0 Å². The summed E-state index contributed by atoms with van der Waals surface area (Å²) in [6.07, 6.45) is -0.787. The second-order valence-corrected chi connectivity index (χ2v) is 20.5. The highest BCUT2D eigenvalue weighted by molar-refractivity contribution is 6.32. The molecule has 0 aliphatic rings. The van der Waals surface area contributed by atoms with Crippen molar-refractivity contribution in [1.82, 2.24) is 44.9 Å². The van der Waals surface area contributed by atoms with Crippen LogP contribution in [-0.4, -0.2) is 93.4 Å². The molecule has 0 saturated heterocycles. The van der Waals surface area contributed by atoms with Crippen molar-refractivity contribution in [1.29, 1.82) is 0 Å². The van der Waals surface area contributed by atoms with E-state index in [1.165, 1.54) is 88.9 Å². The molecule has 29 heteroatoms. The minimum Gasteiger partial charge on any atom is -0.497 e. The standard InChI is InChI=1S/C23H17ClN4O4.C23H15F3N4O4.C22H14F2N4O3/c1-13(29)17-9-7-14(12-25-17)26-22(30)21-23(28-19-6-4-3-5-18(19)27-21)32-20-10-8-15(31-2)11-16(20)24;1-13(31)17-11-6-14(12-27-17)28-21(32)20-22(30-19-5-3-2-4-18(19)29-20)33-15-7-9-16(10-8-15)34-23(24,25)26;1-12(29)16-8-7-14(11-25-16)26-21(30)20-22(28-18-5-3-2-4-17(18)27-20)31-19-9-6-13(23)10-15(19)24/h3-12H,1-2H3,(H,26,30);2-12H,1H3,(H,28,32);2-11H,1H3,(H,26,30). The Hall–Kier alpha value is -12.9. The molecule has 0 unspecified atom stereocenters. The third kappa shape index (κ3) is 17.4. The summed E-state index contributed by atoms with van der Waals surface area (Å²) in [4.78, 5) is 111. The number of nitrogens with zero attached hydrogens (tertiary/aromatic N) is 9. The average Bonchev–Trinajstić information content (AvgIpc) is 0.811. The highest BCUT2D eigenvalue weighted by Gasteiger charge is 2.31. The largest absolute Gasteiger partial charge is 0.573 e. The number of Topliss-reactive ketones (excluding diaryl/α,β-unsaturated/α-hetero) is 3. The molecule has 0 saturated carbocycles. The van der Waals surface area contributed by atoms with Gasteiger partial charge in [0.25, 0.3) is 35.4 Å². The summed E-state index contributed by atoms with van der Waals surface area (Å²) in [5.41, 5.74) is 4.18. The van der Waals surface area contributed by atoms with Gasteiger partial charge >= 0.3 is 6.36 Å². The van der Waals surface area contributed by atoms with Gasteiger partial charge in [0, 0.05) is 32.9 Å². The van der Waals surface area contributed by atoms with Crippen molar-refractivity contribution in [2.75, 3.05) is 23.1 Å². The summed E-state index contributed by atoms with van der Waals surface area (Å²) in [6.45, 7) is 4.17. The fraction of sp³-hybridized carbons (Fsp3) is 0.0735. The number of methoxy groups -OCH3 is 1. The van der Waals surface area contributed by atoms with E-state index >= 15 is 0 Å². The Morgan fingerprint density at radius 2 is 0.763 bits per heavy atom. The molecule has 12 aromatic rings. The number of para-hydroxylation sites is 6. The Kier molecular flexibility index (Phi) is 20.6. The molecule has 0 bridgehead atoms. The number of nitrogens with one attached hydrogen (secondary N) is 3. The number of aromatic nitrogens is 9. The number of carbonyl (C=O) groups is 6. The van der Waals surface area contributed by atoms with Crippen LogP contribution >= 0.6 is 11.6 Å². The van der Waals surface area contributed by atoms with E-state index in [9.17, 15) is 50.7 Å². The van der Waals surface area contributed by atoms with Crippen LogP contribution in [0.15, 0.2) is 188 Å². The first kappa shape index (κ1) is 67.1. The van der Waals surface area contributed by atoms with E-state index < -0.39 is 41.5 Å². The zero-order valence-electron chi connectivity index (χ0n) is 50.7. The Balaban J connectivity index is 0.000000158. The quantitative estimate of drug-likeness (QED) is 0.0563. The van der Waals surface area contributed by atoms with Crippen LogP contribution in [-0.2, 0) is 0 Å². The zero-order valence-corrected chi connectivity index (χ0v) is 51.4. The van der Waals surface area contributed by atoms with Gasteiger partial charge < -0.3 is 39.6 Å². The molecular formula is C68H46ClF5N12O11. The molecule has 0 radical (unpaired) electrons. The lowest BCUT2D eigenvalue weighted by Crippen LogP contribution is -2.17. The van der Waals surface area contributed by atoms with Gasteiger partial charge in [-0.15, -0.1) is 13.2 Å². The van der Waals surface area contributed by atoms with E-state index in [2.05, 4.69) is 65.5 Å². The summed E-state index contributed by atoms with van der Waals surface area (Å²) >= 11 is 6.29. The monoisotopic (exact) mass is 1340 g/mol. The molecule has 3 N–H and O–H groups in total. The maximum Gasteiger partial charge on any atom is 0.573 e. The van der Waals surface area contributed by atoms with Crippen LogP contribution in [0, 0.1) is 11.6 Å². The first-order chi connectivity index (χ1) is 46.5. The Bertz CT molecular complexity index is 4990. The molecule has 0 aliphatic carbocycles. The number of halogens is 6. The van der Waals surface area contributed by atoms with Crippen LogP contribution in [0.3, 0.4) is 0 Å². The predicted molar refractivity (Wildman–Crippen MR) is 343 cm³/mol. The summed E-state index contributed by atoms with van der Waals surface area (Å²) < 4.78 is 90.5. The zero-order chi connectivity index (χ0) is 68.9. The number of rotatable bonds is 17. The number of ketones is 3. The maximum atomic E-state index is 14.1. The van der Waals surface area contributed by atoms with Crippen molar-refractivity contribution in [3.05, 3.63) is 239 Å². The number of alkyl halides is 3. The molecule has 0 fully saturated rings. The third-order valence-corrected chi connectivity index (χ3v) is 13.4. The van der Waals surface area contributed by atoms with Crippen LogP contribution in [0.4, 0.5) is 39.0 Å². The average molecular weight is 1340 g/mol. The molecule has 6 heterocycles. The molecule has 0 aliphatic heterocycles. The number of ether oxygens (including phenoxy) is 5. The summed E-state index contributed by atoms with van der Waals surface area (Å²) in [5.74, 6) is -4.44. The fourth-order valence-electron chi connectivity index (χ4n) is 8.49. The molecule has 3 amide bonds. The molecule has 6 aromatic heterocycles. The van der Waals surface area contributed by atoms with Gasteiger partial charge in [0.2, 0.25) is 0 Å². The fourth-order valence-corrected chi connectivity index (χ4v) is 8.70. The van der Waals surface area contributed by atoms with Crippen LogP contribution in [0.25, 0.3) is 33.1 Å². The number of fused-ring (bicyclic) bond motifs is 3. The Labute approximate surface area is 549 Å².